The minimum atomic E-state index is 0.532. The summed E-state index contributed by atoms with van der Waals surface area (Å²) in [6.07, 6.45) is 0. The summed E-state index contributed by atoms with van der Waals surface area (Å²) in [6, 6.07) is 14.0. The Hall–Kier alpha value is -0.860. The molecule has 2 aromatic rings. The third-order valence-electron chi connectivity index (χ3n) is 2.15. The van der Waals surface area contributed by atoms with Crippen LogP contribution in [0.2, 0.25) is 5.15 Å². The van der Waals surface area contributed by atoms with Gasteiger partial charge < -0.3 is 0 Å². The second-order valence-electron chi connectivity index (χ2n) is 3.13. The van der Waals surface area contributed by atoms with Crippen molar-refractivity contribution in [3.63, 3.8) is 0 Å². The smallest absolute Gasteiger partial charge is 0.129 e. The van der Waals surface area contributed by atoms with Crippen molar-refractivity contribution in [1.29, 1.82) is 0 Å². The summed E-state index contributed by atoms with van der Waals surface area (Å²) < 4.78 is 0. The van der Waals surface area contributed by atoms with Crippen LogP contribution < -0.4 is 0 Å². The molecule has 0 aliphatic heterocycles. The minimum absolute atomic E-state index is 0.532. The van der Waals surface area contributed by atoms with Crippen LogP contribution in [-0.2, 0) is 5.33 Å². The predicted octanol–water partition coefficient (Wildman–Crippen LogP) is 4.30. The number of nitrogens with zero attached hydrogens (tertiary/aromatic N) is 1. The highest BCUT2D eigenvalue weighted by Crippen LogP contribution is 2.25. The molecule has 1 aromatic heterocycles. The molecular formula is C12H9BrClN. The lowest BCUT2D eigenvalue weighted by molar-refractivity contribution is 1.19. The van der Waals surface area contributed by atoms with Gasteiger partial charge in [0, 0.05) is 10.9 Å². The van der Waals surface area contributed by atoms with Gasteiger partial charge in [0.1, 0.15) is 5.15 Å². The lowest BCUT2D eigenvalue weighted by Crippen LogP contribution is -1.90. The zero-order valence-corrected chi connectivity index (χ0v) is 10.3. The Bertz CT molecular complexity index is 456. The van der Waals surface area contributed by atoms with Crippen molar-refractivity contribution in [2.24, 2.45) is 0 Å². The molecule has 3 heteroatoms. The number of rotatable bonds is 2. The van der Waals surface area contributed by atoms with Crippen LogP contribution in [0.3, 0.4) is 0 Å². The number of aromatic nitrogens is 1. The molecule has 0 bridgehead atoms. The molecule has 0 saturated heterocycles. The van der Waals surface area contributed by atoms with Crippen LogP contribution in [0.25, 0.3) is 11.1 Å². The number of pyridine rings is 1. The zero-order valence-electron chi connectivity index (χ0n) is 7.95. The van der Waals surface area contributed by atoms with E-state index in [1.165, 1.54) is 0 Å². The zero-order chi connectivity index (χ0) is 10.7. The van der Waals surface area contributed by atoms with Crippen molar-refractivity contribution < 1.29 is 0 Å². The number of halogens is 2. The molecule has 0 radical (unpaired) electrons. The van der Waals surface area contributed by atoms with Gasteiger partial charge in [-0.15, -0.1) is 0 Å². The van der Waals surface area contributed by atoms with E-state index >= 15 is 0 Å². The van der Waals surface area contributed by atoms with Gasteiger partial charge in [-0.25, -0.2) is 4.98 Å². The highest BCUT2D eigenvalue weighted by molar-refractivity contribution is 9.08. The fourth-order valence-corrected chi connectivity index (χ4v) is 2.05. The summed E-state index contributed by atoms with van der Waals surface area (Å²) in [5.74, 6) is 0. The number of hydrogen-bond acceptors (Lipinski definition) is 1. The van der Waals surface area contributed by atoms with E-state index in [-0.39, 0.29) is 0 Å². The fourth-order valence-electron chi connectivity index (χ4n) is 1.46. The second kappa shape index (κ2) is 4.77. The largest absolute Gasteiger partial charge is 0.240 e. The molecule has 0 fully saturated rings. The van der Waals surface area contributed by atoms with Gasteiger partial charge in [-0.2, -0.15) is 0 Å². The maximum atomic E-state index is 5.85. The lowest BCUT2D eigenvalue weighted by atomic mass is 10.1. The van der Waals surface area contributed by atoms with Gasteiger partial charge in [0.15, 0.2) is 0 Å². The summed E-state index contributed by atoms with van der Waals surface area (Å²) in [4.78, 5) is 4.29. The molecule has 1 aromatic carbocycles. The molecule has 15 heavy (non-hydrogen) atoms. The number of benzene rings is 1. The SMILES string of the molecule is Clc1ccc(-c2ccccc2)c(CBr)n1. The van der Waals surface area contributed by atoms with E-state index in [0.29, 0.717) is 10.5 Å². The summed E-state index contributed by atoms with van der Waals surface area (Å²) in [7, 11) is 0. The summed E-state index contributed by atoms with van der Waals surface area (Å²) in [6.45, 7) is 0. The molecule has 0 N–H and O–H groups in total. The monoisotopic (exact) mass is 281 g/mol. The standard InChI is InChI=1S/C12H9BrClN/c13-8-11-10(6-7-12(14)15-11)9-4-2-1-3-5-9/h1-7H,8H2. The van der Waals surface area contributed by atoms with Gasteiger partial charge in [0.2, 0.25) is 0 Å². The molecule has 0 unspecified atom stereocenters. The van der Waals surface area contributed by atoms with Gasteiger partial charge in [-0.05, 0) is 17.7 Å². The van der Waals surface area contributed by atoms with Crippen LogP contribution in [0.15, 0.2) is 42.5 Å². The normalized spacial score (nSPS) is 10.3. The van der Waals surface area contributed by atoms with E-state index in [4.69, 9.17) is 11.6 Å². The average Bonchev–Trinajstić information content (AvgIpc) is 2.30. The molecule has 1 nitrogen and oxygen atoms in total. The van der Waals surface area contributed by atoms with E-state index in [1.807, 2.05) is 30.3 Å². The summed E-state index contributed by atoms with van der Waals surface area (Å²) in [5, 5.41) is 1.24. The van der Waals surface area contributed by atoms with E-state index in [1.54, 1.807) is 0 Å². The highest BCUT2D eigenvalue weighted by atomic mass is 79.9. The second-order valence-corrected chi connectivity index (χ2v) is 4.08. The molecule has 0 amide bonds. The fraction of sp³-hybridized carbons (Fsp3) is 0.0833. The van der Waals surface area contributed by atoms with Crippen LogP contribution >= 0.6 is 27.5 Å². The molecule has 0 aliphatic carbocycles. The third-order valence-corrected chi connectivity index (χ3v) is 2.89. The van der Waals surface area contributed by atoms with Crippen LogP contribution in [-0.4, -0.2) is 4.98 Å². The van der Waals surface area contributed by atoms with Crippen molar-refractivity contribution in [2.45, 2.75) is 5.33 Å². The third kappa shape index (κ3) is 2.39. The highest BCUT2D eigenvalue weighted by Gasteiger charge is 2.05. The van der Waals surface area contributed by atoms with Crippen LogP contribution in [0.4, 0.5) is 0 Å². The van der Waals surface area contributed by atoms with E-state index in [2.05, 4.69) is 33.0 Å². The van der Waals surface area contributed by atoms with Crippen molar-refractivity contribution >= 4 is 27.5 Å². The van der Waals surface area contributed by atoms with Gasteiger partial charge in [0.05, 0.1) is 5.69 Å². The van der Waals surface area contributed by atoms with Gasteiger partial charge >= 0.3 is 0 Å². The first kappa shape index (κ1) is 10.7. The molecule has 0 atom stereocenters. The first-order chi connectivity index (χ1) is 7.31. The van der Waals surface area contributed by atoms with Crippen molar-refractivity contribution in [2.75, 3.05) is 0 Å². The first-order valence-electron chi connectivity index (χ1n) is 4.58. The Kier molecular flexibility index (Phi) is 3.39. The Labute approximate surface area is 102 Å². The van der Waals surface area contributed by atoms with Crippen molar-refractivity contribution in [1.82, 2.24) is 4.98 Å². The van der Waals surface area contributed by atoms with E-state index < -0.39 is 0 Å². The molecule has 76 valence electrons. The topological polar surface area (TPSA) is 12.9 Å². The first-order valence-corrected chi connectivity index (χ1v) is 6.08. The molecular weight excluding hydrogens is 273 g/mol. The number of hydrogen-bond donors (Lipinski definition) is 0. The van der Waals surface area contributed by atoms with Crippen LogP contribution in [0.1, 0.15) is 5.69 Å². The Morgan fingerprint density at radius 1 is 1.07 bits per heavy atom. The van der Waals surface area contributed by atoms with E-state index in [9.17, 15) is 0 Å². The molecule has 2 rings (SSSR count). The average molecular weight is 283 g/mol. The van der Waals surface area contributed by atoms with Gasteiger partial charge in [-0.1, -0.05) is 57.9 Å². The quantitative estimate of drug-likeness (QED) is 0.591. The van der Waals surface area contributed by atoms with Gasteiger partial charge in [0.25, 0.3) is 0 Å². The lowest BCUT2D eigenvalue weighted by Gasteiger charge is -2.06. The van der Waals surface area contributed by atoms with Gasteiger partial charge in [-0.3, -0.25) is 0 Å². The Balaban J connectivity index is 2.53. The molecule has 1 heterocycles. The minimum Gasteiger partial charge on any atom is -0.240 e. The maximum absolute atomic E-state index is 5.85. The molecule has 0 saturated carbocycles. The number of alkyl halides is 1. The summed E-state index contributed by atoms with van der Waals surface area (Å²) in [5.41, 5.74) is 3.25. The molecule has 0 aliphatic rings. The van der Waals surface area contributed by atoms with E-state index in [0.717, 1.165) is 16.8 Å². The van der Waals surface area contributed by atoms with Crippen LogP contribution in [0, 0.1) is 0 Å². The molecule has 0 spiro atoms. The van der Waals surface area contributed by atoms with Crippen LogP contribution in [0.5, 0.6) is 0 Å². The van der Waals surface area contributed by atoms with Crippen molar-refractivity contribution in [3.05, 3.63) is 53.3 Å². The summed E-state index contributed by atoms with van der Waals surface area (Å²) >= 11 is 9.27. The van der Waals surface area contributed by atoms with Crippen molar-refractivity contribution in [3.8, 4) is 11.1 Å². The Morgan fingerprint density at radius 2 is 1.80 bits per heavy atom. The Morgan fingerprint density at radius 3 is 2.47 bits per heavy atom. The predicted molar refractivity (Wildman–Crippen MR) is 67.3 cm³/mol. The maximum Gasteiger partial charge on any atom is 0.129 e.